The largest absolute Gasteiger partial charge is 0.325 e. The fourth-order valence-electron chi connectivity index (χ4n) is 3.31. The molecule has 27 heavy (non-hydrogen) atoms. The summed E-state index contributed by atoms with van der Waals surface area (Å²) in [6, 6.07) is 7.04. The minimum absolute atomic E-state index is 0.272. The third-order valence-electron chi connectivity index (χ3n) is 5.07. The highest BCUT2D eigenvalue weighted by Gasteiger charge is 2.47. The third-order valence-corrected chi connectivity index (χ3v) is 5.07. The summed E-state index contributed by atoms with van der Waals surface area (Å²) in [7, 11) is 0. The molecule has 1 aromatic carbocycles. The summed E-state index contributed by atoms with van der Waals surface area (Å²) < 4.78 is 0. The lowest BCUT2D eigenvalue weighted by atomic mass is 9.94. The van der Waals surface area contributed by atoms with Crippen LogP contribution in [0.4, 0.5) is 10.5 Å². The number of rotatable bonds is 10. The second-order valence-electron chi connectivity index (χ2n) is 7.42. The maximum atomic E-state index is 12.7. The van der Waals surface area contributed by atoms with Gasteiger partial charge < -0.3 is 10.6 Å². The summed E-state index contributed by atoms with van der Waals surface area (Å²) in [5, 5.41) is 5.50. The lowest BCUT2D eigenvalue weighted by Crippen LogP contribution is -2.44. The Morgan fingerprint density at radius 1 is 1.07 bits per heavy atom. The van der Waals surface area contributed by atoms with E-state index in [1.54, 1.807) is 6.92 Å². The number of anilines is 1. The molecule has 2 rings (SSSR count). The van der Waals surface area contributed by atoms with Crippen molar-refractivity contribution in [3.8, 4) is 0 Å². The van der Waals surface area contributed by atoms with E-state index in [4.69, 9.17) is 0 Å². The van der Waals surface area contributed by atoms with E-state index in [0.29, 0.717) is 12.1 Å². The zero-order valence-corrected chi connectivity index (χ0v) is 16.6. The van der Waals surface area contributed by atoms with Crippen LogP contribution in [0.3, 0.4) is 0 Å². The van der Waals surface area contributed by atoms with Gasteiger partial charge in [-0.25, -0.2) is 4.79 Å². The number of nitrogens with zero attached hydrogens (tertiary/aromatic N) is 1. The SMILES string of the molecule is CCCCCCC[C@@]1(C)NC(=O)N(CC(=O)Nc2ccc(CC)cc2)C1=O. The molecule has 0 unspecified atom stereocenters. The monoisotopic (exact) mass is 373 g/mol. The predicted octanol–water partition coefficient (Wildman–Crippen LogP) is 3.86. The first-order valence-corrected chi connectivity index (χ1v) is 9.92. The molecule has 0 bridgehead atoms. The van der Waals surface area contributed by atoms with Gasteiger partial charge in [-0.3, -0.25) is 14.5 Å². The maximum absolute atomic E-state index is 12.7. The van der Waals surface area contributed by atoms with Gasteiger partial charge in [-0.05, 0) is 37.5 Å². The van der Waals surface area contributed by atoms with E-state index in [-0.39, 0.29) is 18.4 Å². The fraction of sp³-hybridized carbons (Fsp3) is 0.571. The van der Waals surface area contributed by atoms with Crippen molar-refractivity contribution in [1.82, 2.24) is 10.2 Å². The molecule has 1 aromatic rings. The molecule has 0 saturated carbocycles. The first kappa shape index (κ1) is 20.9. The van der Waals surface area contributed by atoms with Crippen LogP contribution in [-0.4, -0.2) is 34.8 Å². The maximum Gasteiger partial charge on any atom is 0.325 e. The summed E-state index contributed by atoms with van der Waals surface area (Å²) in [4.78, 5) is 38.2. The van der Waals surface area contributed by atoms with Crippen molar-refractivity contribution in [1.29, 1.82) is 0 Å². The molecule has 2 N–H and O–H groups in total. The molecule has 1 fully saturated rings. The van der Waals surface area contributed by atoms with E-state index in [1.807, 2.05) is 24.3 Å². The molecule has 1 aliphatic rings. The minimum Gasteiger partial charge on any atom is -0.325 e. The van der Waals surface area contributed by atoms with Gasteiger partial charge in [-0.1, -0.05) is 58.1 Å². The number of nitrogens with one attached hydrogen (secondary N) is 2. The summed E-state index contributed by atoms with van der Waals surface area (Å²) in [5.41, 5.74) is 0.923. The Hall–Kier alpha value is -2.37. The second kappa shape index (κ2) is 9.53. The van der Waals surface area contributed by atoms with Gasteiger partial charge in [0.2, 0.25) is 5.91 Å². The number of amides is 4. The Balaban J connectivity index is 1.88. The summed E-state index contributed by atoms with van der Waals surface area (Å²) in [5.74, 6) is -0.700. The molecule has 6 nitrogen and oxygen atoms in total. The highest BCUT2D eigenvalue weighted by atomic mass is 16.2. The molecular weight excluding hydrogens is 342 g/mol. The van der Waals surface area contributed by atoms with E-state index in [2.05, 4.69) is 24.5 Å². The first-order valence-electron chi connectivity index (χ1n) is 9.92. The van der Waals surface area contributed by atoms with Crippen LogP contribution >= 0.6 is 0 Å². The van der Waals surface area contributed by atoms with Crippen LogP contribution in [0.25, 0.3) is 0 Å². The van der Waals surface area contributed by atoms with Crippen LogP contribution in [-0.2, 0) is 16.0 Å². The zero-order chi connectivity index (χ0) is 19.9. The Labute approximate surface area is 161 Å². The van der Waals surface area contributed by atoms with Gasteiger partial charge in [0.05, 0.1) is 0 Å². The van der Waals surface area contributed by atoms with Crippen LogP contribution in [0.2, 0.25) is 0 Å². The molecule has 1 heterocycles. The average molecular weight is 373 g/mol. The highest BCUT2D eigenvalue weighted by molar-refractivity contribution is 6.09. The average Bonchev–Trinajstić information content (AvgIpc) is 2.85. The molecule has 0 spiro atoms. The van der Waals surface area contributed by atoms with E-state index in [1.165, 1.54) is 12.0 Å². The van der Waals surface area contributed by atoms with Crippen LogP contribution in [0, 0.1) is 0 Å². The normalized spacial score (nSPS) is 19.3. The lowest BCUT2D eigenvalue weighted by molar-refractivity contribution is -0.133. The third kappa shape index (κ3) is 5.55. The number of unbranched alkanes of at least 4 members (excludes halogenated alkanes) is 4. The van der Waals surface area contributed by atoms with Crippen molar-refractivity contribution >= 4 is 23.5 Å². The van der Waals surface area contributed by atoms with Crippen LogP contribution in [0.15, 0.2) is 24.3 Å². The standard InChI is InChI=1S/C21H31N3O3/c1-4-6-7-8-9-14-21(3)19(26)24(20(27)23-21)15-18(25)22-17-12-10-16(5-2)11-13-17/h10-13H,4-9,14-15H2,1-3H3,(H,22,25)(H,23,27)/t21-/m1/s1. The summed E-state index contributed by atoms with van der Waals surface area (Å²) >= 11 is 0. The van der Waals surface area contributed by atoms with Crippen LogP contribution in [0.1, 0.15) is 64.9 Å². The Morgan fingerprint density at radius 2 is 1.74 bits per heavy atom. The topological polar surface area (TPSA) is 78.5 Å². The van der Waals surface area contributed by atoms with Crippen molar-refractivity contribution in [2.45, 2.75) is 71.3 Å². The Kier molecular flexibility index (Phi) is 7.39. The Bertz CT molecular complexity index is 672. The Morgan fingerprint density at radius 3 is 2.37 bits per heavy atom. The van der Waals surface area contributed by atoms with Gasteiger partial charge in [-0.2, -0.15) is 0 Å². The smallest absolute Gasteiger partial charge is 0.325 e. The second-order valence-corrected chi connectivity index (χ2v) is 7.42. The molecule has 0 aromatic heterocycles. The van der Waals surface area contributed by atoms with Gasteiger partial charge in [-0.15, -0.1) is 0 Å². The molecule has 4 amide bonds. The molecule has 1 aliphatic heterocycles. The van der Waals surface area contributed by atoms with Crippen molar-refractivity contribution in [2.24, 2.45) is 0 Å². The molecule has 6 heteroatoms. The molecule has 1 atom stereocenters. The van der Waals surface area contributed by atoms with Gasteiger partial charge in [0.25, 0.3) is 5.91 Å². The fourth-order valence-corrected chi connectivity index (χ4v) is 3.31. The number of hydrogen-bond donors (Lipinski definition) is 2. The quantitative estimate of drug-likeness (QED) is 0.483. The van der Waals surface area contributed by atoms with Gasteiger partial charge in [0.1, 0.15) is 12.1 Å². The summed E-state index contributed by atoms with van der Waals surface area (Å²) in [6.07, 6.45) is 6.93. The predicted molar refractivity (Wildman–Crippen MR) is 106 cm³/mol. The van der Waals surface area contributed by atoms with Gasteiger partial charge in [0.15, 0.2) is 0 Å². The zero-order valence-electron chi connectivity index (χ0n) is 16.6. The number of benzene rings is 1. The van der Waals surface area contributed by atoms with Crippen molar-refractivity contribution in [2.75, 3.05) is 11.9 Å². The van der Waals surface area contributed by atoms with Crippen molar-refractivity contribution < 1.29 is 14.4 Å². The van der Waals surface area contributed by atoms with Crippen LogP contribution in [0.5, 0.6) is 0 Å². The van der Waals surface area contributed by atoms with E-state index < -0.39 is 11.6 Å². The number of carbonyl (C=O) groups excluding carboxylic acids is 3. The van der Waals surface area contributed by atoms with Crippen molar-refractivity contribution in [3.63, 3.8) is 0 Å². The number of carbonyl (C=O) groups is 3. The van der Waals surface area contributed by atoms with E-state index in [9.17, 15) is 14.4 Å². The number of hydrogen-bond acceptors (Lipinski definition) is 3. The minimum atomic E-state index is -0.910. The molecule has 148 valence electrons. The van der Waals surface area contributed by atoms with Gasteiger partial charge >= 0.3 is 6.03 Å². The number of imide groups is 1. The summed E-state index contributed by atoms with van der Waals surface area (Å²) in [6.45, 7) is 5.69. The molecular formula is C21H31N3O3. The lowest BCUT2D eigenvalue weighted by Gasteiger charge is -2.21. The van der Waals surface area contributed by atoms with E-state index in [0.717, 1.165) is 37.0 Å². The van der Waals surface area contributed by atoms with Crippen molar-refractivity contribution in [3.05, 3.63) is 29.8 Å². The highest BCUT2D eigenvalue weighted by Crippen LogP contribution is 2.24. The number of aryl methyl sites for hydroxylation is 1. The molecule has 1 saturated heterocycles. The molecule has 0 aliphatic carbocycles. The van der Waals surface area contributed by atoms with E-state index >= 15 is 0 Å². The first-order chi connectivity index (χ1) is 12.9. The number of urea groups is 1. The van der Waals surface area contributed by atoms with Crippen LogP contribution < -0.4 is 10.6 Å². The van der Waals surface area contributed by atoms with Gasteiger partial charge in [0, 0.05) is 5.69 Å². The molecule has 0 radical (unpaired) electrons.